The summed E-state index contributed by atoms with van der Waals surface area (Å²) in [5.41, 5.74) is 1.66. The Labute approximate surface area is 189 Å². The standard InChI is InChI=1S/C23H25F3N4O3/c1-31-20-13-17(5-8-19(20)32-23(25)26)22-27-21(33-28-22)15-30-10-2-9-29(11-12-30)14-16-3-6-18(24)7-4-16/h3-8,13,23H,2,9-12,14-15H2,1H3. The molecule has 0 amide bonds. The molecular formula is C23H25F3N4O3. The van der Waals surface area contributed by atoms with Gasteiger partial charge in [-0.2, -0.15) is 13.8 Å². The second-order valence-corrected chi connectivity index (χ2v) is 7.79. The van der Waals surface area contributed by atoms with E-state index in [-0.39, 0.29) is 17.3 Å². The van der Waals surface area contributed by atoms with E-state index >= 15 is 0 Å². The first kappa shape index (κ1) is 23.1. The zero-order valence-electron chi connectivity index (χ0n) is 18.2. The van der Waals surface area contributed by atoms with Crippen molar-refractivity contribution in [3.05, 3.63) is 59.7 Å². The molecule has 33 heavy (non-hydrogen) atoms. The number of hydrogen-bond acceptors (Lipinski definition) is 7. The van der Waals surface area contributed by atoms with Gasteiger partial charge in [0, 0.05) is 25.2 Å². The van der Waals surface area contributed by atoms with Crippen LogP contribution in [0.15, 0.2) is 47.0 Å². The fraction of sp³-hybridized carbons (Fsp3) is 0.391. The highest BCUT2D eigenvalue weighted by Crippen LogP contribution is 2.32. The van der Waals surface area contributed by atoms with Crippen molar-refractivity contribution in [2.24, 2.45) is 0 Å². The van der Waals surface area contributed by atoms with Crippen LogP contribution in [0.2, 0.25) is 0 Å². The Morgan fingerprint density at radius 1 is 0.970 bits per heavy atom. The molecule has 0 bridgehead atoms. The molecule has 0 N–H and O–H groups in total. The summed E-state index contributed by atoms with van der Waals surface area (Å²) in [7, 11) is 1.37. The zero-order valence-corrected chi connectivity index (χ0v) is 18.2. The van der Waals surface area contributed by atoms with Gasteiger partial charge in [-0.15, -0.1) is 0 Å². The van der Waals surface area contributed by atoms with Gasteiger partial charge < -0.3 is 14.0 Å². The number of rotatable bonds is 8. The molecule has 7 nitrogen and oxygen atoms in total. The Bertz CT molecular complexity index is 1050. The first-order valence-electron chi connectivity index (χ1n) is 10.6. The number of benzene rings is 2. The van der Waals surface area contributed by atoms with Crippen molar-refractivity contribution in [2.75, 3.05) is 33.3 Å². The van der Waals surface area contributed by atoms with Crippen molar-refractivity contribution in [2.45, 2.75) is 26.1 Å². The van der Waals surface area contributed by atoms with Gasteiger partial charge in [0.1, 0.15) is 5.82 Å². The minimum Gasteiger partial charge on any atom is -0.493 e. The van der Waals surface area contributed by atoms with Gasteiger partial charge in [0.05, 0.1) is 13.7 Å². The number of halogens is 3. The molecule has 2 heterocycles. The lowest BCUT2D eigenvalue weighted by Gasteiger charge is -2.21. The lowest BCUT2D eigenvalue weighted by atomic mass is 10.2. The van der Waals surface area contributed by atoms with Crippen molar-refractivity contribution >= 4 is 0 Å². The third kappa shape index (κ3) is 6.23. The molecule has 0 saturated carbocycles. The molecule has 176 valence electrons. The summed E-state index contributed by atoms with van der Waals surface area (Å²) in [5, 5.41) is 4.02. The van der Waals surface area contributed by atoms with Gasteiger partial charge >= 0.3 is 6.61 Å². The van der Waals surface area contributed by atoms with Gasteiger partial charge in [-0.1, -0.05) is 17.3 Å². The highest BCUT2D eigenvalue weighted by atomic mass is 19.3. The van der Waals surface area contributed by atoms with Crippen LogP contribution in [0.3, 0.4) is 0 Å². The Morgan fingerprint density at radius 3 is 2.39 bits per heavy atom. The van der Waals surface area contributed by atoms with Crippen LogP contribution in [0, 0.1) is 5.82 Å². The third-order valence-electron chi connectivity index (χ3n) is 5.47. The number of aromatic nitrogens is 2. The van der Waals surface area contributed by atoms with Crippen molar-refractivity contribution in [1.82, 2.24) is 19.9 Å². The van der Waals surface area contributed by atoms with Gasteiger partial charge in [0.15, 0.2) is 11.5 Å². The van der Waals surface area contributed by atoms with E-state index in [1.807, 2.05) is 12.1 Å². The fourth-order valence-corrected chi connectivity index (χ4v) is 3.82. The van der Waals surface area contributed by atoms with Crippen LogP contribution in [0.5, 0.6) is 11.5 Å². The molecule has 0 aliphatic carbocycles. The highest BCUT2D eigenvalue weighted by molar-refractivity contribution is 5.60. The number of methoxy groups -OCH3 is 1. The first-order valence-corrected chi connectivity index (χ1v) is 10.6. The molecule has 2 aromatic carbocycles. The van der Waals surface area contributed by atoms with Crippen molar-refractivity contribution in [1.29, 1.82) is 0 Å². The summed E-state index contributed by atoms with van der Waals surface area (Å²) in [5.74, 6) is 0.696. The van der Waals surface area contributed by atoms with E-state index < -0.39 is 6.61 Å². The SMILES string of the molecule is COc1cc(-c2noc(CN3CCCN(Cc4ccc(F)cc4)CC3)n2)ccc1OC(F)F. The first-order chi connectivity index (χ1) is 16.0. The van der Waals surface area contributed by atoms with Crippen molar-refractivity contribution in [3.63, 3.8) is 0 Å². The smallest absolute Gasteiger partial charge is 0.387 e. The van der Waals surface area contributed by atoms with E-state index in [2.05, 4.69) is 24.7 Å². The molecule has 1 aliphatic heterocycles. The topological polar surface area (TPSA) is 63.9 Å². The molecule has 3 aromatic rings. The quantitative estimate of drug-likeness (QED) is 0.497. The van der Waals surface area contributed by atoms with Gasteiger partial charge in [0.25, 0.3) is 0 Å². The molecule has 0 unspecified atom stereocenters. The summed E-state index contributed by atoms with van der Waals surface area (Å²) in [4.78, 5) is 9.05. The predicted octanol–water partition coefficient (Wildman–Crippen LogP) is 4.19. The molecule has 0 spiro atoms. The molecule has 1 fully saturated rings. The number of nitrogens with zero attached hydrogens (tertiary/aromatic N) is 4. The van der Waals surface area contributed by atoms with Gasteiger partial charge in [-0.3, -0.25) is 9.80 Å². The second-order valence-electron chi connectivity index (χ2n) is 7.79. The average Bonchev–Trinajstić information content (AvgIpc) is 3.15. The Hall–Kier alpha value is -3.11. The van der Waals surface area contributed by atoms with Crippen LogP contribution >= 0.6 is 0 Å². The lowest BCUT2D eigenvalue weighted by molar-refractivity contribution is -0.0512. The molecule has 4 rings (SSSR count). The second kappa shape index (κ2) is 10.7. The largest absolute Gasteiger partial charge is 0.493 e. The summed E-state index contributed by atoms with van der Waals surface area (Å²) in [6.45, 7) is 1.92. The lowest BCUT2D eigenvalue weighted by Crippen LogP contribution is -2.30. The number of ether oxygens (including phenoxy) is 2. The molecule has 10 heteroatoms. The minimum absolute atomic E-state index is 0.0604. The molecule has 1 aliphatic rings. The Balaban J connectivity index is 1.35. The Kier molecular flexibility index (Phi) is 7.46. The van der Waals surface area contributed by atoms with Crippen molar-refractivity contribution < 1.29 is 27.2 Å². The van der Waals surface area contributed by atoms with Gasteiger partial charge in [-0.25, -0.2) is 4.39 Å². The van der Waals surface area contributed by atoms with Gasteiger partial charge in [0.2, 0.25) is 11.7 Å². The zero-order chi connectivity index (χ0) is 23.2. The van der Waals surface area contributed by atoms with Crippen LogP contribution in [0.1, 0.15) is 17.9 Å². The minimum atomic E-state index is -2.94. The van der Waals surface area contributed by atoms with E-state index in [4.69, 9.17) is 9.26 Å². The maximum Gasteiger partial charge on any atom is 0.387 e. The average molecular weight is 462 g/mol. The maximum atomic E-state index is 13.1. The monoisotopic (exact) mass is 462 g/mol. The van der Waals surface area contributed by atoms with E-state index in [1.54, 1.807) is 6.07 Å². The van der Waals surface area contributed by atoms with Crippen molar-refractivity contribution in [3.8, 4) is 22.9 Å². The molecule has 0 atom stereocenters. The summed E-state index contributed by atoms with van der Waals surface area (Å²) in [6.07, 6.45) is 0.991. The van der Waals surface area contributed by atoms with Crippen LogP contribution in [0.4, 0.5) is 13.2 Å². The summed E-state index contributed by atoms with van der Waals surface area (Å²) in [6, 6.07) is 11.1. The predicted molar refractivity (Wildman–Crippen MR) is 114 cm³/mol. The van der Waals surface area contributed by atoms with E-state index in [0.29, 0.717) is 23.8 Å². The Morgan fingerprint density at radius 2 is 1.70 bits per heavy atom. The maximum absolute atomic E-state index is 13.1. The summed E-state index contributed by atoms with van der Waals surface area (Å²) >= 11 is 0. The fourth-order valence-electron chi connectivity index (χ4n) is 3.82. The van der Waals surface area contributed by atoms with E-state index in [9.17, 15) is 13.2 Å². The number of alkyl halides is 2. The van der Waals surface area contributed by atoms with Crippen LogP contribution in [-0.2, 0) is 13.1 Å². The van der Waals surface area contributed by atoms with E-state index in [0.717, 1.165) is 44.7 Å². The van der Waals surface area contributed by atoms with Crippen LogP contribution < -0.4 is 9.47 Å². The molecule has 1 aromatic heterocycles. The normalized spacial score (nSPS) is 15.5. The van der Waals surface area contributed by atoms with Gasteiger partial charge in [-0.05, 0) is 55.4 Å². The summed E-state index contributed by atoms with van der Waals surface area (Å²) < 4.78 is 53.2. The van der Waals surface area contributed by atoms with Crippen LogP contribution in [0.25, 0.3) is 11.4 Å². The molecule has 0 radical (unpaired) electrons. The molecule has 1 saturated heterocycles. The third-order valence-corrected chi connectivity index (χ3v) is 5.47. The number of hydrogen-bond donors (Lipinski definition) is 0. The van der Waals surface area contributed by atoms with E-state index in [1.165, 1.54) is 31.4 Å². The highest BCUT2D eigenvalue weighted by Gasteiger charge is 2.19. The molecular weight excluding hydrogens is 437 g/mol. The van der Waals surface area contributed by atoms with Crippen LogP contribution in [-0.4, -0.2) is 59.8 Å².